The van der Waals surface area contributed by atoms with E-state index in [-0.39, 0.29) is 12.2 Å². The summed E-state index contributed by atoms with van der Waals surface area (Å²) in [4.78, 5) is 13.6. The molecule has 0 saturated heterocycles. The zero-order chi connectivity index (χ0) is 16.2. The van der Waals surface area contributed by atoms with E-state index in [1.54, 1.807) is 11.9 Å². The number of anilines is 2. The quantitative estimate of drug-likeness (QED) is 0.932. The van der Waals surface area contributed by atoms with Crippen LogP contribution in [0.3, 0.4) is 0 Å². The first-order valence-corrected chi connectivity index (χ1v) is 6.60. The largest absolute Gasteiger partial charge is 0.418 e. The maximum absolute atomic E-state index is 12.9. The summed E-state index contributed by atoms with van der Waals surface area (Å²) in [7, 11) is 1.70. The Morgan fingerprint density at radius 2 is 1.64 bits per heavy atom. The minimum atomic E-state index is -4.50. The van der Waals surface area contributed by atoms with E-state index in [4.69, 9.17) is 0 Å². The molecule has 0 atom stereocenters. The lowest BCUT2D eigenvalue weighted by Crippen LogP contribution is -2.30. The molecule has 2 aromatic carbocycles. The van der Waals surface area contributed by atoms with Crippen molar-refractivity contribution in [3.63, 3.8) is 0 Å². The highest BCUT2D eigenvalue weighted by atomic mass is 19.4. The minimum Gasteiger partial charge on any atom is -0.365 e. The molecule has 2 aromatic rings. The Kier molecular flexibility index (Phi) is 4.70. The lowest BCUT2D eigenvalue weighted by Gasteiger charge is -2.19. The number of carbonyl (C=O) groups excluding carboxylic acids is 1. The van der Waals surface area contributed by atoms with Gasteiger partial charge < -0.3 is 10.2 Å². The van der Waals surface area contributed by atoms with Crippen LogP contribution in [0.2, 0.25) is 0 Å². The van der Waals surface area contributed by atoms with Crippen LogP contribution in [0, 0.1) is 0 Å². The van der Waals surface area contributed by atoms with Crippen molar-refractivity contribution in [2.75, 3.05) is 23.8 Å². The molecule has 0 radical (unpaired) electrons. The van der Waals surface area contributed by atoms with Gasteiger partial charge in [0.2, 0.25) is 5.91 Å². The lowest BCUT2D eigenvalue weighted by molar-refractivity contribution is -0.137. The van der Waals surface area contributed by atoms with Gasteiger partial charge in [0, 0.05) is 12.7 Å². The van der Waals surface area contributed by atoms with Crippen LogP contribution in [0.15, 0.2) is 54.6 Å². The van der Waals surface area contributed by atoms with Gasteiger partial charge in [0.15, 0.2) is 0 Å². The number of hydrogen-bond donors (Lipinski definition) is 1. The zero-order valence-electron chi connectivity index (χ0n) is 11.9. The number of para-hydroxylation sites is 2. The predicted molar refractivity (Wildman–Crippen MR) is 79.8 cm³/mol. The van der Waals surface area contributed by atoms with Gasteiger partial charge in [-0.05, 0) is 24.3 Å². The number of hydrogen-bond acceptors (Lipinski definition) is 2. The Morgan fingerprint density at radius 3 is 2.27 bits per heavy atom. The summed E-state index contributed by atoms with van der Waals surface area (Å²) in [5.74, 6) is -0.511. The zero-order valence-corrected chi connectivity index (χ0v) is 11.9. The summed E-state index contributed by atoms with van der Waals surface area (Å²) in [5.41, 5.74) is -0.283. The number of benzene rings is 2. The number of rotatable bonds is 4. The first kappa shape index (κ1) is 15.9. The van der Waals surface area contributed by atoms with Gasteiger partial charge in [0.1, 0.15) is 0 Å². The average molecular weight is 308 g/mol. The average Bonchev–Trinajstić information content (AvgIpc) is 2.47. The molecule has 0 aromatic heterocycles. The van der Waals surface area contributed by atoms with E-state index in [2.05, 4.69) is 5.32 Å². The number of carbonyl (C=O) groups is 1. The van der Waals surface area contributed by atoms with Crippen molar-refractivity contribution in [3.05, 3.63) is 60.2 Å². The normalized spacial score (nSPS) is 11.1. The maximum Gasteiger partial charge on any atom is 0.418 e. The SMILES string of the molecule is CN(CC(=O)Nc1ccccc1C(F)(F)F)c1ccccc1. The summed E-state index contributed by atoms with van der Waals surface area (Å²) in [6.07, 6.45) is -4.50. The van der Waals surface area contributed by atoms with Crippen molar-refractivity contribution in [1.82, 2.24) is 0 Å². The Hall–Kier alpha value is -2.50. The number of likely N-dealkylation sites (N-methyl/N-ethyl adjacent to an activating group) is 1. The van der Waals surface area contributed by atoms with Crippen molar-refractivity contribution in [2.24, 2.45) is 0 Å². The first-order valence-electron chi connectivity index (χ1n) is 6.60. The fraction of sp³-hybridized carbons (Fsp3) is 0.188. The fourth-order valence-corrected chi connectivity index (χ4v) is 2.02. The lowest BCUT2D eigenvalue weighted by atomic mass is 10.1. The molecule has 0 aliphatic carbocycles. The summed E-state index contributed by atoms with van der Waals surface area (Å²) in [6.45, 7) is -0.0454. The monoisotopic (exact) mass is 308 g/mol. The van der Waals surface area contributed by atoms with Crippen LogP contribution < -0.4 is 10.2 Å². The second kappa shape index (κ2) is 6.51. The van der Waals surface area contributed by atoms with E-state index >= 15 is 0 Å². The number of halogens is 3. The van der Waals surface area contributed by atoms with E-state index in [9.17, 15) is 18.0 Å². The van der Waals surface area contributed by atoms with Gasteiger partial charge in [-0.15, -0.1) is 0 Å². The van der Waals surface area contributed by atoms with Crippen molar-refractivity contribution < 1.29 is 18.0 Å². The van der Waals surface area contributed by atoms with Gasteiger partial charge in [-0.1, -0.05) is 30.3 Å². The van der Waals surface area contributed by atoms with Crippen LogP contribution in [-0.4, -0.2) is 19.5 Å². The highest BCUT2D eigenvalue weighted by Crippen LogP contribution is 2.34. The van der Waals surface area contributed by atoms with E-state index in [1.807, 2.05) is 30.3 Å². The molecular weight excluding hydrogens is 293 g/mol. The molecule has 0 bridgehead atoms. The van der Waals surface area contributed by atoms with Crippen LogP contribution in [0.25, 0.3) is 0 Å². The van der Waals surface area contributed by atoms with Gasteiger partial charge >= 0.3 is 6.18 Å². The Balaban J connectivity index is 2.07. The van der Waals surface area contributed by atoms with Crippen LogP contribution in [0.5, 0.6) is 0 Å². The summed E-state index contributed by atoms with van der Waals surface area (Å²) >= 11 is 0. The molecule has 1 amide bonds. The third kappa shape index (κ3) is 4.00. The number of nitrogens with one attached hydrogen (secondary N) is 1. The second-order valence-electron chi connectivity index (χ2n) is 4.78. The number of amides is 1. The molecule has 0 heterocycles. The molecule has 2 rings (SSSR count). The highest BCUT2D eigenvalue weighted by molar-refractivity contribution is 5.94. The van der Waals surface area contributed by atoms with Gasteiger partial charge in [-0.25, -0.2) is 0 Å². The Morgan fingerprint density at radius 1 is 1.05 bits per heavy atom. The third-order valence-electron chi connectivity index (χ3n) is 3.08. The van der Waals surface area contributed by atoms with Gasteiger partial charge in [0.25, 0.3) is 0 Å². The summed E-state index contributed by atoms with van der Waals surface area (Å²) < 4.78 is 38.6. The van der Waals surface area contributed by atoms with E-state index < -0.39 is 17.6 Å². The Bertz CT molecular complexity index is 641. The first-order chi connectivity index (χ1) is 10.4. The molecule has 116 valence electrons. The molecule has 0 unspecified atom stereocenters. The molecule has 0 fully saturated rings. The molecule has 0 aliphatic rings. The van der Waals surface area contributed by atoms with E-state index in [0.29, 0.717) is 0 Å². The van der Waals surface area contributed by atoms with Gasteiger partial charge in [-0.3, -0.25) is 4.79 Å². The standard InChI is InChI=1S/C16H15F3N2O/c1-21(12-7-3-2-4-8-12)11-15(22)20-14-10-6-5-9-13(14)16(17,18)19/h2-10H,11H2,1H3,(H,20,22). The maximum atomic E-state index is 12.9. The van der Waals surface area contributed by atoms with Crippen LogP contribution in [0.1, 0.15) is 5.56 Å². The van der Waals surface area contributed by atoms with Crippen LogP contribution in [0.4, 0.5) is 24.5 Å². The summed E-state index contributed by atoms with van der Waals surface area (Å²) in [5, 5.41) is 2.32. The number of nitrogens with zero attached hydrogens (tertiary/aromatic N) is 1. The fourth-order valence-electron chi connectivity index (χ4n) is 2.02. The molecular formula is C16H15F3N2O. The minimum absolute atomic E-state index is 0.0454. The molecule has 0 spiro atoms. The molecule has 1 N–H and O–H groups in total. The Labute approximate surface area is 126 Å². The van der Waals surface area contributed by atoms with Crippen molar-refractivity contribution in [1.29, 1.82) is 0 Å². The van der Waals surface area contributed by atoms with Crippen molar-refractivity contribution >= 4 is 17.3 Å². The molecule has 3 nitrogen and oxygen atoms in total. The van der Waals surface area contributed by atoms with Gasteiger partial charge in [-0.2, -0.15) is 13.2 Å². The molecule has 0 saturated carbocycles. The van der Waals surface area contributed by atoms with Crippen molar-refractivity contribution in [3.8, 4) is 0 Å². The number of alkyl halides is 3. The molecule has 0 aliphatic heterocycles. The van der Waals surface area contributed by atoms with Crippen LogP contribution in [-0.2, 0) is 11.0 Å². The third-order valence-corrected chi connectivity index (χ3v) is 3.08. The topological polar surface area (TPSA) is 32.3 Å². The molecule has 22 heavy (non-hydrogen) atoms. The van der Waals surface area contributed by atoms with E-state index in [0.717, 1.165) is 11.8 Å². The van der Waals surface area contributed by atoms with Crippen LogP contribution >= 0.6 is 0 Å². The second-order valence-corrected chi connectivity index (χ2v) is 4.78. The smallest absolute Gasteiger partial charge is 0.365 e. The van der Waals surface area contributed by atoms with E-state index in [1.165, 1.54) is 18.2 Å². The molecule has 6 heteroatoms. The summed E-state index contributed by atoms with van der Waals surface area (Å²) in [6, 6.07) is 14.0. The van der Waals surface area contributed by atoms with Crippen molar-refractivity contribution in [2.45, 2.75) is 6.18 Å². The highest BCUT2D eigenvalue weighted by Gasteiger charge is 2.33. The van der Waals surface area contributed by atoms with Gasteiger partial charge in [0.05, 0.1) is 17.8 Å². The predicted octanol–water partition coefficient (Wildman–Crippen LogP) is 3.78.